The first-order valence-electron chi connectivity index (χ1n) is 4.31. The number of rotatable bonds is 3. The maximum atomic E-state index is 11.1. The summed E-state index contributed by atoms with van der Waals surface area (Å²) in [6, 6.07) is 0. The van der Waals surface area contributed by atoms with E-state index >= 15 is 0 Å². The van der Waals surface area contributed by atoms with Crippen molar-refractivity contribution in [2.24, 2.45) is 0 Å². The predicted octanol–water partition coefficient (Wildman–Crippen LogP) is 1.12. The van der Waals surface area contributed by atoms with Gasteiger partial charge in [0.05, 0.1) is 6.61 Å². The van der Waals surface area contributed by atoms with Crippen LogP contribution in [0.4, 0.5) is 0 Å². The number of carbonyl (C=O) groups is 1. The summed E-state index contributed by atoms with van der Waals surface area (Å²) in [5.41, 5.74) is 0. The molecule has 5 heteroatoms. The van der Waals surface area contributed by atoms with Crippen molar-refractivity contribution in [1.82, 2.24) is 10.2 Å². The third kappa shape index (κ3) is 1.68. The van der Waals surface area contributed by atoms with Gasteiger partial charge in [0, 0.05) is 5.92 Å². The van der Waals surface area contributed by atoms with E-state index in [4.69, 9.17) is 9.15 Å². The molecule has 0 atom stereocenters. The van der Waals surface area contributed by atoms with E-state index in [1.807, 2.05) is 0 Å². The molecule has 1 saturated carbocycles. The van der Waals surface area contributed by atoms with Gasteiger partial charge < -0.3 is 9.15 Å². The third-order valence-corrected chi connectivity index (χ3v) is 1.82. The molecule has 1 aliphatic rings. The van der Waals surface area contributed by atoms with Gasteiger partial charge in [-0.15, -0.1) is 10.2 Å². The van der Waals surface area contributed by atoms with Crippen LogP contribution in [0.15, 0.2) is 4.42 Å². The largest absolute Gasteiger partial charge is 0.459 e. The summed E-state index contributed by atoms with van der Waals surface area (Å²) < 4.78 is 9.83. The predicted molar refractivity (Wildman–Crippen MR) is 42.2 cm³/mol. The summed E-state index contributed by atoms with van der Waals surface area (Å²) in [5, 5.41) is 7.37. The standard InChI is InChI=1S/C8H10N2O3/c1-2-12-8(11)7-10-9-6(13-7)5-3-4-5/h5H,2-4H2,1H3. The maximum Gasteiger partial charge on any atom is 0.396 e. The fourth-order valence-corrected chi connectivity index (χ4v) is 1.01. The van der Waals surface area contributed by atoms with Gasteiger partial charge in [-0.3, -0.25) is 0 Å². The van der Waals surface area contributed by atoms with Gasteiger partial charge in [-0.25, -0.2) is 4.79 Å². The summed E-state index contributed by atoms with van der Waals surface area (Å²) in [5.74, 6) is 0.351. The van der Waals surface area contributed by atoms with E-state index < -0.39 is 5.97 Å². The monoisotopic (exact) mass is 182 g/mol. The van der Waals surface area contributed by atoms with Crippen LogP contribution in [-0.2, 0) is 4.74 Å². The molecule has 0 radical (unpaired) electrons. The lowest BCUT2D eigenvalue weighted by Crippen LogP contribution is -2.04. The minimum Gasteiger partial charge on any atom is -0.459 e. The molecule has 13 heavy (non-hydrogen) atoms. The molecular weight excluding hydrogens is 172 g/mol. The molecule has 0 bridgehead atoms. The molecule has 0 N–H and O–H groups in total. The molecule has 70 valence electrons. The molecular formula is C8H10N2O3. The fourth-order valence-electron chi connectivity index (χ4n) is 1.01. The van der Waals surface area contributed by atoms with Crippen LogP contribution < -0.4 is 0 Å². The Morgan fingerprint density at radius 2 is 2.38 bits per heavy atom. The molecule has 1 heterocycles. The Labute approximate surface area is 75.1 Å². The molecule has 2 rings (SSSR count). The zero-order chi connectivity index (χ0) is 9.26. The lowest BCUT2D eigenvalue weighted by Gasteiger charge is -1.93. The third-order valence-electron chi connectivity index (χ3n) is 1.82. The molecule has 0 unspecified atom stereocenters. The van der Waals surface area contributed by atoms with E-state index in [-0.39, 0.29) is 5.89 Å². The Balaban J connectivity index is 2.07. The normalized spacial score (nSPS) is 15.8. The number of hydrogen-bond donors (Lipinski definition) is 0. The molecule has 1 fully saturated rings. The average Bonchev–Trinajstić information content (AvgIpc) is 2.84. The van der Waals surface area contributed by atoms with Gasteiger partial charge in [-0.1, -0.05) is 0 Å². The van der Waals surface area contributed by atoms with Gasteiger partial charge >= 0.3 is 11.9 Å². The van der Waals surface area contributed by atoms with Crippen LogP contribution in [0.5, 0.6) is 0 Å². The first-order valence-corrected chi connectivity index (χ1v) is 4.31. The van der Waals surface area contributed by atoms with Crippen LogP contribution in [0.25, 0.3) is 0 Å². The first-order chi connectivity index (χ1) is 6.31. The van der Waals surface area contributed by atoms with E-state index in [0.29, 0.717) is 18.4 Å². The topological polar surface area (TPSA) is 65.2 Å². The maximum absolute atomic E-state index is 11.1. The number of ether oxygens (including phenoxy) is 1. The molecule has 1 aromatic heterocycles. The molecule has 5 nitrogen and oxygen atoms in total. The number of nitrogens with zero attached hydrogens (tertiary/aromatic N) is 2. The second kappa shape index (κ2) is 3.16. The van der Waals surface area contributed by atoms with Crippen LogP contribution in [0, 0.1) is 0 Å². The molecule has 1 aliphatic carbocycles. The van der Waals surface area contributed by atoms with Crippen molar-refractivity contribution < 1.29 is 13.9 Å². The second-order valence-corrected chi connectivity index (χ2v) is 2.94. The zero-order valence-electron chi connectivity index (χ0n) is 7.32. The smallest absolute Gasteiger partial charge is 0.396 e. The summed E-state index contributed by atoms with van der Waals surface area (Å²) in [6.07, 6.45) is 2.15. The summed E-state index contributed by atoms with van der Waals surface area (Å²) >= 11 is 0. The van der Waals surface area contributed by atoms with Crippen molar-refractivity contribution in [1.29, 1.82) is 0 Å². The molecule has 0 spiro atoms. The van der Waals surface area contributed by atoms with E-state index in [9.17, 15) is 4.79 Å². The molecule has 0 saturated heterocycles. The van der Waals surface area contributed by atoms with Crippen molar-refractivity contribution >= 4 is 5.97 Å². The number of esters is 1. The highest BCUT2D eigenvalue weighted by Crippen LogP contribution is 2.38. The highest BCUT2D eigenvalue weighted by molar-refractivity contribution is 5.83. The molecule has 0 amide bonds. The summed E-state index contributed by atoms with van der Waals surface area (Å²) in [4.78, 5) is 11.1. The van der Waals surface area contributed by atoms with Crippen LogP contribution >= 0.6 is 0 Å². The molecule has 0 aromatic carbocycles. The zero-order valence-corrected chi connectivity index (χ0v) is 7.32. The highest BCUT2D eigenvalue weighted by Gasteiger charge is 2.30. The minimum atomic E-state index is -0.540. The van der Waals surface area contributed by atoms with Gasteiger partial charge in [0.2, 0.25) is 5.89 Å². The number of carbonyl (C=O) groups excluding carboxylic acids is 1. The van der Waals surface area contributed by atoms with Gasteiger partial charge in [-0.2, -0.15) is 0 Å². The van der Waals surface area contributed by atoms with Crippen LogP contribution in [0.3, 0.4) is 0 Å². The van der Waals surface area contributed by atoms with E-state index in [2.05, 4.69) is 10.2 Å². The number of hydrogen-bond acceptors (Lipinski definition) is 5. The fraction of sp³-hybridized carbons (Fsp3) is 0.625. The molecule has 0 aliphatic heterocycles. The summed E-state index contributed by atoms with van der Waals surface area (Å²) in [7, 11) is 0. The molecule has 1 aromatic rings. The second-order valence-electron chi connectivity index (χ2n) is 2.94. The summed E-state index contributed by atoms with van der Waals surface area (Å²) in [6.45, 7) is 2.05. The van der Waals surface area contributed by atoms with Crippen molar-refractivity contribution in [2.75, 3.05) is 6.61 Å². The van der Waals surface area contributed by atoms with Crippen LogP contribution in [0.2, 0.25) is 0 Å². The van der Waals surface area contributed by atoms with E-state index in [0.717, 1.165) is 12.8 Å². The highest BCUT2D eigenvalue weighted by atomic mass is 16.5. The van der Waals surface area contributed by atoms with Crippen LogP contribution in [0.1, 0.15) is 42.3 Å². The van der Waals surface area contributed by atoms with Crippen molar-refractivity contribution in [3.63, 3.8) is 0 Å². The number of aromatic nitrogens is 2. The lowest BCUT2D eigenvalue weighted by molar-refractivity contribution is 0.0478. The van der Waals surface area contributed by atoms with Gasteiger partial charge in [0.15, 0.2) is 0 Å². The van der Waals surface area contributed by atoms with E-state index in [1.54, 1.807) is 6.92 Å². The SMILES string of the molecule is CCOC(=O)c1nnc(C2CC2)o1. The lowest BCUT2D eigenvalue weighted by atomic mass is 10.4. The average molecular weight is 182 g/mol. The van der Waals surface area contributed by atoms with Gasteiger partial charge in [-0.05, 0) is 19.8 Å². The Kier molecular flexibility index (Phi) is 2.00. The quantitative estimate of drug-likeness (QED) is 0.655. The Morgan fingerprint density at radius 3 is 3.00 bits per heavy atom. The minimum absolute atomic E-state index is 0.0382. The van der Waals surface area contributed by atoms with Crippen molar-refractivity contribution in [2.45, 2.75) is 25.7 Å². The van der Waals surface area contributed by atoms with Gasteiger partial charge in [0.1, 0.15) is 0 Å². The first kappa shape index (κ1) is 8.22. The van der Waals surface area contributed by atoms with Crippen LogP contribution in [-0.4, -0.2) is 22.8 Å². The van der Waals surface area contributed by atoms with Gasteiger partial charge in [0.25, 0.3) is 0 Å². The Hall–Kier alpha value is -1.39. The van der Waals surface area contributed by atoms with Crippen molar-refractivity contribution in [3.05, 3.63) is 11.8 Å². The Bertz CT molecular complexity index is 317. The van der Waals surface area contributed by atoms with E-state index in [1.165, 1.54) is 0 Å². The van der Waals surface area contributed by atoms with Crippen molar-refractivity contribution in [3.8, 4) is 0 Å². The Morgan fingerprint density at radius 1 is 1.62 bits per heavy atom.